The zero-order valence-electron chi connectivity index (χ0n) is 11.7. The van der Waals surface area contributed by atoms with Crippen LogP contribution in [-0.2, 0) is 10.0 Å². The molecule has 6 heteroatoms. The van der Waals surface area contributed by atoms with Crippen molar-refractivity contribution in [3.05, 3.63) is 29.6 Å². The van der Waals surface area contributed by atoms with Crippen molar-refractivity contribution >= 4 is 10.0 Å². The highest BCUT2D eigenvalue weighted by Gasteiger charge is 2.40. The lowest BCUT2D eigenvalue weighted by atomic mass is 9.86. The van der Waals surface area contributed by atoms with Crippen molar-refractivity contribution < 1.29 is 17.9 Å². The number of benzene rings is 1. The fourth-order valence-corrected chi connectivity index (χ4v) is 4.42. The van der Waals surface area contributed by atoms with Gasteiger partial charge in [-0.15, -0.1) is 0 Å². The largest absolute Gasteiger partial charge is 0.396 e. The molecule has 0 amide bonds. The van der Waals surface area contributed by atoms with Gasteiger partial charge < -0.3 is 5.11 Å². The molecule has 1 fully saturated rings. The van der Waals surface area contributed by atoms with Crippen molar-refractivity contribution in [1.82, 2.24) is 4.72 Å². The fraction of sp³-hybridized carbons (Fsp3) is 0.571. The molecule has 0 aliphatic heterocycles. The Morgan fingerprint density at radius 2 is 2.20 bits per heavy atom. The van der Waals surface area contributed by atoms with Crippen LogP contribution in [0.3, 0.4) is 0 Å². The summed E-state index contributed by atoms with van der Waals surface area (Å²) in [6.07, 6.45) is 2.38. The molecular formula is C14H20FNO3S. The maximum Gasteiger partial charge on any atom is 0.241 e. The normalized spacial score (nSPS) is 26.9. The van der Waals surface area contributed by atoms with Crippen molar-refractivity contribution in [3.8, 4) is 0 Å². The quantitative estimate of drug-likeness (QED) is 0.893. The number of aliphatic hydroxyl groups excluding tert-OH is 1. The van der Waals surface area contributed by atoms with Gasteiger partial charge in [0.15, 0.2) is 0 Å². The number of rotatable bonds is 4. The van der Waals surface area contributed by atoms with Crippen molar-refractivity contribution in [2.75, 3.05) is 6.61 Å². The maximum atomic E-state index is 13.1. The van der Waals surface area contributed by atoms with Gasteiger partial charge in [-0.25, -0.2) is 17.5 Å². The van der Waals surface area contributed by atoms with Crippen LogP contribution in [-0.4, -0.2) is 26.2 Å². The number of halogens is 1. The molecule has 1 aliphatic carbocycles. The van der Waals surface area contributed by atoms with Crippen LogP contribution in [0.5, 0.6) is 0 Å². The van der Waals surface area contributed by atoms with Crippen molar-refractivity contribution in [2.45, 2.75) is 44.0 Å². The van der Waals surface area contributed by atoms with Crippen LogP contribution >= 0.6 is 0 Å². The first-order valence-electron chi connectivity index (χ1n) is 6.68. The Bertz CT molecular complexity index is 602. The molecule has 2 unspecified atom stereocenters. The molecule has 2 atom stereocenters. The highest BCUT2D eigenvalue weighted by molar-refractivity contribution is 7.89. The Morgan fingerprint density at radius 1 is 1.50 bits per heavy atom. The summed E-state index contributed by atoms with van der Waals surface area (Å²) >= 11 is 0. The molecule has 0 spiro atoms. The number of aliphatic hydroxyl groups is 1. The van der Waals surface area contributed by atoms with Gasteiger partial charge in [0.25, 0.3) is 0 Å². The standard InChI is InChI=1S/C14H20FNO3S/c1-10-8-11(15)5-6-12(10)20(18,19)16-13-4-3-7-14(13,2)9-17/h5-6,8,13,16-17H,3-4,7,9H2,1-2H3. The Balaban J connectivity index is 2.28. The van der Waals surface area contributed by atoms with Gasteiger partial charge in [-0.2, -0.15) is 0 Å². The molecule has 1 aromatic rings. The highest BCUT2D eigenvalue weighted by atomic mass is 32.2. The van der Waals surface area contributed by atoms with E-state index < -0.39 is 21.3 Å². The van der Waals surface area contributed by atoms with E-state index in [1.807, 2.05) is 6.92 Å². The van der Waals surface area contributed by atoms with Crippen molar-refractivity contribution in [1.29, 1.82) is 0 Å². The molecule has 0 radical (unpaired) electrons. The molecule has 0 heterocycles. The van der Waals surface area contributed by atoms with Gasteiger partial charge in [-0.05, 0) is 43.5 Å². The van der Waals surface area contributed by atoms with Crippen LogP contribution in [0.2, 0.25) is 0 Å². The van der Waals surface area contributed by atoms with Crippen molar-refractivity contribution in [2.24, 2.45) is 5.41 Å². The van der Waals surface area contributed by atoms with Crippen LogP contribution in [0.15, 0.2) is 23.1 Å². The average molecular weight is 301 g/mol. The summed E-state index contributed by atoms with van der Waals surface area (Å²) in [6.45, 7) is 3.39. The first-order chi connectivity index (χ1) is 9.28. The lowest BCUT2D eigenvalue weighted by molar-refractivity contribution is 0.127. The second kappa shape index (κ2) is 5.42. The van der Waals surface area contributed by atoms with E-state index in [4.69, 9.17) is 0 Å². The molecule has 112 valence electrons. The minimum atomic E-state index is -3.70. The molecule has 0 saturated heterocycles. The van der Waals surface area contributed by atoms with E-state index in [1.165, 1.54) is 12.1 Å². The summed E-state index contributed by atoms with van der Waals surface area (Å²) in [5.41, 5.74) is -0.0534. The van der Waals surface area contributed by atoms with Crippen molar-refractivity contribution in [3.63, 3.8) is 0 Å². The fourth-order valence-electron chi connectivity index (χ4n) is 2.79. The molecule has 1 aromatic carbocycles. The number of nitrogens with one attached hydrogen (secondary N) is 1. The van der Waals surface area contributed by atoms with Gasteiger partial charge in [-0.1, -0.05) is 13.3 Å². The Hall–Kier alpha value is -0.980. The first-order valence-corrected chi connectivity index (χ1v) is 8.16. The second-order valence-corrected chi connectivity index (χ2v) is 7.47. The van der Waals surface area contributed by atoms with E-state index in [0.29, 0.717) is 12.0 Å². The maximum absolute atomic E-state index is 13.1. The predicted molar refractivity (Wildman–Crippen MR) is 74.3 cm³/mol. The summed E-state index contributed by atoms with van der Waals surface area (Å²) in [5, 5.41) is 9.47. The number of aryl methyl sites for hydroxylation is 1. The highest BCUT2D eigenvalue weighted by Crippen LogP contribution is 2.38. The Morgan fingerprint density at radius 3 is 2.80 bits per heavy atom. The number of hydrogen-bond acceptors (Lipinski definition) is 3. The SMILES string of the molecule is Cc1cc(F)ccc1S(=O)(=O)NC1CCCC1(C)CO. The summed E-state index contributed by atoms with van der Waals surface area (Å²) in [7, 11) is -3.70. The molecule has 1 aliphatic rings. The van der Waals surface area contributed by atoms with Crippen LogP contribution in [0.1, 0.15) is 31.7 Å². The summed E-state index contributed by atoms with van der Waals surface area (Å²) in [4.78, 5) is 0.0890. The number of sulfonamides is 1. The monoisotopic (exact) mass is 301 g/mol. The molecule has 1 saturated carbocycles. The minimum Gasteiger partial charge on any atom is -0.396 e. The van der Waals surface area contributed by atoms with Gasteiger partial charge in [0.05, 0.1) is 4.90 Å². The minimum absolute atomic E-state index is 0.0530. The zero-order valence-corrected chi connectivity index (χ0v) is 12.5. The topological polar surface area (TPSA) is 66.4 Å². The average Bonchev–Trinajstić information content (AvgIpc) is 2.70. The Kier molecular flexibility index (Phi) is 4.18. The molecule has 20 heavy (non-hydrogen) atoms. The summed E-state index contributed by atoms with van der Waals surface area (Å²) in [6, 6.07) is 3.33. The van der Waals surface area contributed by atoms with E-state index in [2.05, 4.69) is 4.72 Å². The van der Waals surface area contributed by atoms with Crippen LogP contribution in [0, 0.1) is 18.2 Å². The van der Waals surface area contributed by atoms with E-state index in [-0.39, 0.29) is 17.5 Å². The van der Waals surface area contributed by atoms with E-state index in [0.717, 1.165) is 18.9 Å². The third kappa shape index (κ3) is 2.87. The van der Waals surface area contributed by atoms with E-state index >= 15 is 0 Å². The zero-order chi connectivity index (χ0) is 15.0. The number of hydrogen-bond donors (Lipinski definition) is 2. The third-order valence-corrected chi connectivity index (χ3v) is 5.80. The molecular weight excluding hydrogens is 281 g/mol. The predicted octanol–water partition coefficient (Wildman–Crippen LogP) is 1.96. The van der Waals surface area contributed by atoms with Gasteiger partial charge >= 0.3 is 0 Å². The second-order valence-electron chi connectivity index (χ2n) is 5.79. The van der Waals surface area contributed by atoms with Gasteiger partial charge in [0.1, 0.15) is 5.82 Å². The molecule has 2 N–H and O–H groups in total. The molecule has 2 rings (SSSR count). The van der Waals surface area contributed by atoms with Crippen LogP contribution in [0.4, 0.5) is 4.39 Å². The summed E-state index contributed by atoms with van der Waals surface area (Å²) < 4.78 is 40.6. The molecule has 0 bridgehead atoms. The van der Waals surface area contributed by atoms with E-state index in [9.17, 15) is 17.9 Å². The van der Waals surface area contributed by atoms with E-state index in [1.54, 1.807) is 6.92 Å². The molecule has 4 nitrogen and oxygen atoms in total. The van der Waals surface area contributed by atoms with Gasteiger partial charge in [-0.3, -0.25) is 0 Å². The summed E-state index contributed by atoms with van der Waals surface area (Å²) in [5.74, 6) is -0.456. The lowest BCUT2D eigenvalue weighted by Gasteiger charge is -2.30. The first kappa shape index (κ1) is 15.4. The third-order valence-electron chi connectivity index (χ3n) is 4.17. The van der Waals surface area contributed by atoms with Crippen LogP contribution in [0.25, 0.3) is 0 Å². The lowest BCUT2D eigenvalue weighted by Crippen LogP contribution is -2.44. The van der Waals surface area contributed by atoms with Gasteiger partial charge in [0, 0.05) is 18.1 Å². The Labute approximate surface area is 119 Å². The molecule has 0 aromatic heterocycles. The van der Waals surface area contributed by atoms with Gasteiger partial charge in [0.2, 0.25) is 10.0 Å². The smallest absolute Gasteiger partial charge is 0.241 e. The van der Waals surface area contributed by atoms with Crippen LogP contribution < -0.4 is 4.72 Å².